The summed E-state index contributed by atoms with van der Waals surface area (Å²) in [4.78, 5) is 34.8. The van der Waals surface area contributed by atoms with E-state index in [1.54, 1.807) is 0 Å². The fourth-order valence-corrected chi connectivity index (χ4v) is 1.24. The molecule has 1 aliphatic heterocycles. The minimum absolute atomic E-state index is 0.0667. The Morgan fingerprint density at radius 1 is 1.44 bits per heavy atom. The fraction of sp³-hybridized carbons (Fsp3) is 0.556. The Bertz CT molecular complexity index is 331. The van der Waals surface area contributed by atoms with Gasteiger partial charge in [0, 0.05) is 6.54 Å². The van der Waals surface area contributed by atoms with E-state index in [1.165, 1.54) is 0 Å². The first-order chi connectivity index (χ1) is 7.65. The second-order valence-electron chi connectivity index (χ2n) is 3.24. The lowest BCUT2D eigenvalue weighted by atomic mass is 10.3. The van der Waals surface area contributed by atoms with Crippen LogP contribution in [0.25, 0.3) is 0 Å². The Hall–Kier alpha value is -1.94. The number of nitrogens with zero attached hydrogens (tertiary/aromatic N) is 2. The van der Waals surface area contributed by atoms with E-state index in [0.717, 1.165) is 4.90 Å². The van der Waals surface area contributed by atoms with Crippen molar-refractivity contribution < 1.29 is 14.4 Å². The molecule has 7 nitrogen and oxygen atoms in total. The van der Waals surface area contributed by atoms with Crippen LogP contribution in [-0.4, -0.2) is 48.8 Å². The Kier molecular flexibility index (Phi) is 4.42. The van der Waals surface area contributed by atoms with Crippen molar-refractivity contribution in [3.8, 4) is 6.07 Å². The van der Waals surface area contributed by atoms with Gasteiger partial charge in [-0.15, -0.1) is 0 Å². The van der Waals surface area contributed by atoms with Crippen LogP contribution in [0.5, 0.6) is 0 Å². The Labute approximate surface area is 92.4 Å². The molecule has 0 aromatic carbocycles. The van der Waals surface area contributed by atoms with Crippen LogP contribution in [0.3, 0.4) is 0 Å². The lowest BCUT2D eigenvalue weighted by molar-refractivity contribution is -0.149. The van der Waals surface area contributed by atoms with E-state index in [0.29, 0.717) is 0 Å². The smallest absolute Gasteiger partial charge is 0.243 e. The number of hydrogen-bond donors (Lipinski definition) is 2. The normalized spacial score (nSPS) is 15.8. The van der Waals surface area contributed by atoms with Crippen molar-refractivity contribution >= 4 is 17.7 Å². The van der Waals surface area contributed by atoms with Crippen molar-refractivity contribution in [1.82, 2.24) is 15.5 Å². The minimum Gasteiger partial charge on any atom is -0.354 e. The van der Waals surface area contributed by atoms with Crippen molar-refractivity contribution in [1.29, 1.82) is 5.26 Å². The molecule has 1 aliphatic rings. The summed E-state index contributed by atoms with van der Waals surface area (Å²) in [5.74, 6) is -1.25. The third kappa shape index (κ3) is 3.33. The van der Waals surface area contributed by atoms with Gasteiger partial charge in [-0.1, -0.05) is 0 Å². The maximum atomic E-state index is 11.3. The standard InChI is InChI=1S/C9H12N4O3/c10-2-1-3-12-7(14)6-13-8(15)4-11-5-9(13)16/h11H,1,3-6H2,(H,12,14). The number of carbonyl (C=O) groups is 3. The quantitative estimate of drug-likeness (QED) is 0.423. The predicted molar refractivity (Wildman–Crippen MR) is 52.8 cm³/mol. The van der Waals surface area contributed by atoms with Crippen LogP contribution in [0.1, 0.15) is 6.42 Å². The minimum atomic E-state index is -0.432. The van der Waals surface area contributed by atoms with Crippen LogP contribution >= 0.6 is 0 Å². The first kappa shape index (κ1) is 12.1. The summed E-state index contributed by atoms with van der Waals surface area (Å²) in [6, 6.07) is 1.87. The molecule has 0 spiro atoms. The molecule has 16 heavy (non-hydrogen) atoms. The Balaban J connectivity index is 2.40. The molecule has 0 unspecified atom stereocenters. The topological polar surface area (TPSA) is 102 Å². The summed E-state index contributed by atoms with van der Waals surface area (Å²) < 4.78 is 0. The summed E-state index contributed by atoms with van der Waals surface area (Å²) in [5.41, 5.74) is 0. The number of carbonyl (C=O) groups excluding carboxylic acids is 3. The number of rotatable bonds is 4. The Morgan fingerprint density at radius 3 is 2.62 bits per heavy atom. The molecule has 0 radical (unpaired) electrons. The van der Waals surface area contributed by atoms with Crippen molar-refractivity contribution in [3.05, 3.63) is 0 Å². The molecule has 1 heterocycles. The number of nitrogens with one attached hydrogen (secondary N) is 2. The van der Waals surface area contributed by atoms with E-state index in [4.69, 9.17) is 5.26 Å². The highest BCUT2D eigenvalue weighted by Gasteiger charge is 2.27. The van der Waals surface area contributed by atoms with E-state index in [9.17, 15) is 14.4 Å². The molecular formula is C9H12N4O3. The van der Waals surface area contributed by atoms with E-state index in [2.05, 4.69) is 10.6 Å². The van der Waals surface area contributed by atoms with Gasteiger partial charge in [-0.2, -0.15) is 5.26 Å². The average molecular weight is 224 g/mol. The first-order valence-corrected chi connectivity index (χ1v) is 4.82. The highest BCUT2D eigenvalue weighted by Crippen LogP contribution is 1.95. The average Bonchev–Trinajstić information content (AvgIpc) is 2.24. The molecule has 0 atom stereocenters. The predicted octanol–water partition coefficient (Wildman–Crippen LogP) is -2.03. The highest BCUT2D eigenvalue weighted by atomic mass is 16.2. The number of nitriles is 1. The van der Waals surface area contributed by atoms with Crippen molar-refractivity contribution in [2.75, 3.05) is 26.2 Å². The van der Waals surface area contributed by atoms with E-state index < -0.39 is 17.7 Å². The van der Waals surface area contributed by atoms with Crippen LogP contribution in [0.2, 0.25) is 0 Å². The summed E-state index contributed by atoms with van der Waals surface area (Å²) in [5, 5.41) is 13.3. The number of amides is 3. The maximum absolute atomic E-state index is 11.3. The van der Waals surface area contributed by atoms with Gasteiger partial charge in [0.25, 0.3) is 0 Å². The third-order valence-electron chi connectivity index (χ3n) is 2.02. The number of piperazine rings is 1. The van der Waals surface area contributed by atoms with Gasteiger partial charge in [0.05, 0.1) is 25.6 Å². The molecule has 0 aromatic heterocycles. The second kappa shape index (κ2) is 5.82. The molecule has 0 aliphatic carbocycles. The summed E-state index contributed by atoms with van der Waals surface area (Å²) in [6.45, 7) is 0.0863. The largest absolute Gasteiger partial charge is 0.354 e. The zero-order valence-electron chi connectivity index (χ0n) is 8.65. The lowest BCUT2D eigenvalue weighted by Gasteiger charge is -2.24. The lowest BCUT2D eigenvalue weighted by Crippen LogP contribution is -2.54. The van der Waals surface area contributed by atoms with Crippen LogP contribution in [-0.2, 0) is 14.4 Å². The zero-order valence-corrected chi connectivity index (χ0v) is 8.65. The van der Waals surface area contributed by atoms with E-state index >= 15 is 0 Å². The van der Waals surface area contributed by atoms with Crippen LogP contribution < -0.4 is 10.6 Å². The molecule has 0 aromatic rings. The van der Waals surface area contributed by atoms with Gasteiger partial charge in [0.2, 0.25) is 17.7 Å². The van der Waals surface area contributed by atoms with Gasteiger partial charge in [-0.25, -0.2) is 0 Å². The van der Waals surface area contributed by atoms with Gasteiger partial charge in [-0.05, 0) is 0 Å². The van der Waals surface area contributed by atoms with Crippen molar-refractivity contribution in [3.63, 3.8) is 0 Å². The second-order valence-corrected chi connectivity index (χ2v) is 3.24. The van der Waals surface area contributed by atoms with Crippen LogP contribution in [0.15, 0.2) is 0 Å². The van der Waals surface area contributed by atoms with Crippen molar-refractivity contribution in [2.24, 2.45) is 0 Å². The fourth-order valence-electron chi connectivity index (χ4n) is 1.24. The summed E-state index contributed by atoms with van der Waals surface area (Å²) in [6.07, 6.45) is 0.204. The third-order valence-corrected chi connectivity index (χ3v) is 2.02. The van der Waals surface area contributed by atoms with Crippen LogP contribution in [0, 0.1) is 11.3 Å². The van der Waals surface area contributed by atoms with Gasteiger partial charge in [0.1, 0.15) is 6.54 Å². The highest BCUT2D eigenvalue weighted by molar-refractivity contribution is 6.02. The molecule has 0 saturated carbocycles. The van der Waals surface area contributed by atoms with Gasteiger partial charge < -0.3 is 5.32 Å². The van der Waals surface area contributed by atoms with Gasteiger partial charge in [0.15, 0.2) is 0 Å². The molecule has 1 rings (SSSR count). The maximum Gasteiger partial charge on any atom is 0.243 e. The molecule has 1 fully saturated rings. The van der Waals surface area contributed by atoms with E-state index in [1.807, 2.05) is 6.07 Å². The number of imide groups is 1. The molecular weight excluding hydrogens is 212 g/mol. The summed E-state index contributed by atoms with van der Waals surface area (Å²) >= 11 is 0. The van der Waals surface area contributed by atoms with E-state index in [-0.39, 0.29) is 32.6 Å². The van der Waals surface area contributed by atoms with Crippen LogP contribution in [0.4, 0.5) is 0 Å². The molecule has 1 saturated heterocycles. The first-order valence-electron chi connectivity index (χ1n) is 4.82. The van der Waals surface area contributed by atoms with Gasteiger partial charge >= 0.3 is 0 Å². The monoisotopic (exact) mass is 224 g/mol. The Morgan fingerprint density at radius 2 is 2.06 bits per heavy atom. The van der Waals surface area contributed by atoms with Gasteiger partial charge in [-0.3, -0.25) is 24.6 Å². The molecule has 0 bridgehead atoms. The zero-order chi connectivity index (χ0) is 12.0. The number of hydrogen-bond acceptors (Lipinski definition) is 5. The molecule has 3 amide bonds. The van der Waals surface area contributed by atoms with Crippen molar-refractivity contribution in [2.45, 2.75) is 6.42 Å². The molecule has 7 heteroatoms. The SMILES string of the molecule is N#CCCNC(=O)CN1C(=O)CNCC1=O. The molecule has 86 valence electrons. The summed E-state index contributed by atoms with van der Waals surface area (Å²) in [7, 11) is 0. The molecule has 2 N–H and O–H groups in total.